The highest BCUT2D eigenvalue weighted by Crippen LogP contribution is 2.15. The first-order valence-corrected chi connectivity index (χ1v) is 5.43. The van der Waals surface area contributed by atoms with Gasteiger partial charge in [0, 0.05) is 5.56 Å². The first-order valence-electron chi connectivity index (χ1n) is 5.43. The number of aliphatic carboxylic acids is 1. The molecule has 7 heteroatoms. The topological polar surface area (TPSA) is 130 Å². The van der Waals surface area contributed by atoms with Crippen molar-refractivity contribution in [3.63, 3.8) is 0 Å². The van der Waals surface area contributed by atoms with Crippen molar-refractivity contribution < 1.29 is 24.6 Å². The van der Waals surface area contributed by atoms with Crippen molar-refractivity contribution in [3.8, 4) is 5.75 Å². The lowest BCUT2D eigenvalue weighted by atomic mass is 10.1. The molecule has 0 aliphatic rings. The lowest BCUT2D eigenvalue weighted by molar-refractivity contribution is -0.140. The molecule has 0 aliphatic carbocycles. The summed E-state index contributed by atoms with van der Waals surface area (Å²) in [6.45, 7) is 1.60. The molecule has 1 unspecified atom stereocenters. The Morgan fingerprint density at radius 1 is 1.37 bits per heavy atom. The Kier molecular flexibility index (Phi) is 4.46. The van der Waals surface area contributed by atoms with Crippen molar-refractivity contribution in [2.75, 3.05) is 0 Å². The Hall–Kier alpha value is -2.57. The third-order valence-corrected chi connectivity index (χ3v) is 2.46. The Morgan fingerprint density at radius 3 is 2.47 bits per heavy atom. The summed E-state index contributed by atoms with van der Waals surface area (Å²) in [4.78, 5) is 33.5. The second-order valence-corrected chi connectivity index (χ2v) is 4.03. The molecule has 2 amide bonds. The van der Waals surface area contributed by atoms with Crippen molar-refractivity contribution in [1.82, 2.24) is 5.32 Å². The summed E-state index contributed by atoms with van der Waals surface area (Å²) in [6.07, 6.45) is -0.488. The maximum atomic E-state index is 11.9. The van der Waals surface area contributed by atoms with E-state index >= 15 is 0 Å². The zero-order valence-electron chi connectivity index (χ0n) is 10.2. The summed E-state index contributed by atoms with van der Waals surface area (Å²) in [5, 5.41) is 20.3. The number of carbonyl (C=O) groups is 3. The number of hydrogen-bond donors (Lipinski definition) is 4. The van der Waals surface area contributed by atoms with Gasteiger partial charge in [-0.05, 0) is 30.7 Å². The van der Waals surface area contributed by atoms with Gasteiger partial charge in [-0.25, -0.2) is 4.79 Å². The van der Waals surface area contributed by atoms with Crippen LogP contribution in [-0.2, 0) is 9.59 Å². The molecule has 1 rings (SSSR count). The Bertz CT molecular complexity index is 527. The highest BCUT2D eigenvalue weighted by molar-refractivity contribution is 5.98. The summed E-state index contributed by atoms with van der Waals surface area (Å²) in [6, 6.07) is 2.67. The number of aromatic hydroxyl groups is 1. The van der Waals surface area contributed by atoms with E-state index in [1.165, 1.54) is 18.2 Å². The van der Waals surface area contributed by atoms with E-state index in [9.17, 15) is 19.5 Å². The summed E-state index contributed by atoms with van der Waals surface area (Å²) >= 11 is 0. The molecular weight excluding hydrogens is 252 g/mol. The fraction of sp³-hybridized carbons (Fsp3) is 0.250. The number of phenolic OH excluding ortho intramolecular Hbond substituents is 1. The number of phenols is 1. The molecule has 0 saturated heterocycles. The van der Waals surface area contributed by atoms with E-state index in [4.69, 9.17) is 10.8 Å². The van der Waals surface area contributed by atoms with Crippen LogP contribution < -0.4 is 11.1 Å². The van der Waals surface area contributed by atoms with Crippen LogP contribution in [0.15, 0.2) is 18.2 Å². The van der Waals surface area contributed by atoms with Crippen LogP contribution in [0, 0.1) is 6.92 Å². The molecule has 0 fully saturated rings. The molecule has 19 heavy (non-hydrogen) atoms. The first kappa shape index (κ1) is 14.5. The predicted octanol–water partition coefficient (Wildman–Crippen LogP) is -0.241. The molecule has 0 bridgehead atoms. The van der Waals surface area contributed by atoms with E-state index in [1.807, 2.05) is 0 Å². The number of amides is 2. The van der Waals surface area contributed by atoms with Crippen LogP contribution in [0.3, 0.4) is 0 Å². The number of rotatable bonds is 5. The van der Waals surface area contributed by atoms with Gasteiger partial charge >= 0.3 is 5.97 Å². The number of nitrogens with two attached hydrogens (primary N) is 1. The van der Waals surface area contributed by atoms with Crippen LogP contribution >= 0.6 is 0 Å². The van der Waals surface area contributed by atoms with Gasteiger partial charge in [-0.15, -0.1) is 0 Å². The average molecular weight is 266 g/mol. The van der Waals surface area contributed by atoms with Gasteiger partial charge in [-0.2, -0.15) is 0 Å². The summed E-state index contributed by atoms with van der Waals surface area (Å²) < 4.78 is 0. The van der Waals surface area contributed by atoms with E-state index in [1.54, 1.807) is 6.92 Å². The van der Waals surface area contributed by atoms with Crippen molar-refractivity contribution in [3.05, 3.63) is 29.3 Å². The minimum Gasteiger partial charge on any atom is -0.508 e. The average Bonchev–Trinajstić information content (AvgIpc) is 2.26. The van der Waals surface area contributed by atoms with E-state index in [0.29, 0.717) is 5.56 Å². The van der Waals surface area contributed by atoms with Crippen LogP contribution in [0.5, 0.6) is 5.75 Å². The number of benzene rings is 1. The van der Waals surface area contributed by atoms with Crippen LogP contribution in [0.2, 0.25) is 0 Å². The molecule has 0 saturated carbocycles. The third-order valence-electron chi connectivity index (χ3n) is 2.46. The molecule has 5 N–H and O–H groups in total. The number of carbonyl (C=O) groups excluding carboxylic acids is 2. The maximum Gasteiger partial charge on any atom is 0.326 e. The fourth-order valence-electron chi connectivity index (χ4n) is 1.54. The van der Waals surface area contributed by atoms with Gasteiger partial charge in [0.15, 0.2) is 0 Å². The SMILES string of the molecule is Cc1cc(O)ccc1C(=O)NC(CC(N)=O)C(=O)O. The molecule has 1 atom stereocenters. The Balaban J connectivity index is 2.87. The normalized spacial score (nSPS) is 11.6. The molecule has 0 aromatic heterocycles. The van der Waals surface area contributed by atoms with Gasteiger partial charge in [0.25, 0.3) is 5.91 Å². The van der Waals surface area contributed by atoms with Gasteiger partial charge < -0.3 is 21.3 Å². The number of hydrogen-bond acceptors (Lipinski definition) is 4. The minimum absolute atomic E-state index is 0.000899. The van der Waals surface area contributed by atoms with Crippen LogP contribution in [0.1, 0.15) is 22.3 Å². The van der Waals surface area contributed by atoms with Crippen molar-refractivity contribution >= 4 is 17.8 Å². The van der Waals surface area contributed by atoms with Gasteiger partial charge in [-0.3, -0.25) is 9.59 Å². The quantitative estimate of drug-likeness (QED) is 0.584. The standard InChI is InChI=1S/C12H14N2O5/c1-6-4-7(15)2-3-8(6)11(17)14-9(12(18)19)5-10(13)16/h2-4,9,15H,5H2,1H3,(H2,13,16)(H,14,17)(H,18,19). The van der Waals surface area contributed by atoms with Gasteiger partial charge in [0.2, 0.25) is 5.91 Å². The predicted molar refractivity (Wildman–Crippen MR) is 65.5 cm³/mol. The van der Waals surface area contributed by atoms with E-state index in [0.717, 1.165) is 0 Å². The highest BCUT2D eigenvalue weighted by atomic mass is 16.4. The van der Waals surface area contributed by atoms with E-state index < -0.39 is 30.2 Å². The summed E-state index contributed by atoms with van der Waals surface area (Å²) in [5.41, 5.74) is 5.61. The molecule has 0 spiro atoms. The molecule has 0 radical (unpaired) electrons. The maximum absolute atomic E-state index is 11.9. The minimum atomic E-state index is -1.38. The molecule has 102 valence electrons. The molecular formula is C12H14N2O5. The second kappa shape index (κ2) is 5.85. The zero-order chi connectivity index (χ0) is 14.6. The number of nitrogens with one attached hydrogen (secondary N) is 1. The van der Waals surface area contributed by atoms with E-state index in [-0.39, 0.29) is 11.3 Å². The van der Waals surface area contributed by atoms with Crippen molar-refractivity contribution in [1.29, 1.82) is 0 Å². The van der Waals surface area contributed by atoms with Crippen LogP contribution in [0.4, 0.5) is 0 Å². The molecule has 0 aliphatic heterocycles. The number of carboxylic acid groups (broad SMARTS) is 1. The van der Waals surface area contributed by atoms with Crippen molar-refractivity contribution in [2.45, 2.75) is 19.4 Å². The smallest absolute Gasteiger partial charge is 0.326 e. The van der Waals surface area contributed by atoms with Crippen LogP contribution in [0.25, 0.3) is 0 Å². The zero-order valence-corrected chi connectivity index (χ0v) is 10.2. The number of aryl methyl sites for hydroxylation is 1. The monoisotopic (exact) mass is 266 g/mol. The number of carboxylic acids is 1. The van der Waals surface area contributed by atoms with Gasteiger partial charge in [0.1, 0.15) is 11.8 Å². The van der Waals surface area contributed by atoms with Gasteiger partial charge in [0.05, 0.1) is 6.42 Å². The fourth-order valence-corrected chi connectivity index (χ4v) is 1.54. The van der Waals surface area contributed by atoms with Crippen LogP contribution in [-0.4, -0.2) is 34.0 Å². The molecule has 1 aromatic rings. The molecule has 0 heterocycles. The second-order valence-electron chi connectivity index (χ2n) is 4.03. The first-order chi connectivity index (χ1) is 8.81. The van der Waals surface area contributed by atoms with Crippen molar-refractivity contribution in [2.24, 2.45) is 5.73 Å². The van der Waals surface area contributed by atoms with E-state index in [2.05, 4.69) is 5.32 Å². The summed E-state index contributed by atoms with van der Waals surface area (Å²) in [7, 11) is 0. The molecule has 1 aromatic carbocycles. The third kappa shape index (κ3) is 3.98. The lowest BCUT2D eigenvalue weighted by Gasteiger charge is -2.14. The largest absolute Gasteiger partial charge is 0.508 e. The Morgan fingerprint density at radius 2 is 2.00 bits per heavy atom. The highest BCUT2D eigenvalue weighted by Gasteiger charge is 2.23. The summed E-state index contributed by atoms with van der Waals surface area (Å²) in [5.74, 6) is -2.81. The lowest BCUT2D eigenvalue weighted by Crippen LogP contribution is -2.43. The van der Waals surface area contributed by atoms with Gasteiger partial charge in [-0.1, -0.05) is 0 Å². The Labute approximate surface area is 109 Å². The molecule has 7 nitrogen and oxygen atoms in total. The number of primary amides is 1.